The van der Waals surface area contributed by atoms with E-state index in [1.807, 2.05) is 10.8 Å². The number of carbonyl (C=O) groups excluding carboxylic acids is 2. The van der Waals surface area contributed by atoms with Gasteiger partial charge in [-0.2, -0.15) is 0 Å². The lowest BCUT2D eigenvalue weighted by Gasteiger charge is -2.33. The fraction of sp³-hybridized carbons (Fsp3) is 0.438. The molecule has 2 aromatic rings. The summed E-state index contributed by atoms with van der Waals surface area (Å²) in [5.41, 5.74) is 0. The second-order valence-corrected chi connectivity index (χ2v) is 6.23. The Morgan fingerprint density at radius 1 is 1.38 bits per heavy atom. The molecule has 2 aromatic heterocycles. The van der Waals surface area contributed by atoms with Crippen molar-refractivity contribution in [3.05, 3.63) is 30.3 Å². The van der Waals surface area contributed by atoms with Crippen molar-refractivity contribution in [2.45, 2.75) is 25.1 Å². The van der Waals surface area contributed by atoms with Crippen LogP contribution in [0.2, 0.25) is 0 Å². The predicted octanol–water partition coefficient (Wildman–Crippen LogP) is 0.249. The number of carbonyl (C=O) groups is 2. The van der Waals surface area contributed by atoms with Crippen LogP contribution in [0.4, 0.5) is 0 Å². The molecule has 0 aromatic carbocycles. The van der Waals surface area contributed by atoms with E-state index < -0.39 is 6.04 Å². The fourth-order valence-electron chi connectivity index (χ4n) is 3.53. The SMILES string of the molecule is CN1CC(=O)N2CC(n3ccnc3-c3ccc(CO)o3)CC2C1=O. The number of nitrogens with zero attached hydrogens (tertiary/aromatic N) is 4. The topological polar surface area (TPSA) is 91.8 Å². The van der Waals surface area contributed by atoms with E-state index in [0.717, 1.165) is 0 Å². The molecule has 0 aliphatic carbocycles. The van der Waals surface area contributed by atoms with Crippen molar-refractivity contribution in [1.29, 1.82) is 0 Å². The Morgan fingerprint density at radius 2 is 2.21 bits per heavy atom. The first kappa shape index (κ1) is 14.9. The Morgan fingerprint density at radius 3 is 2.96 bits per heavy atom. The molecular formula is C16H18N4O4. The van der Waals surface area contributed by atoms with Crippen LogP contribution in [0.3, 0.4) is 0 Å². The molecule has 0 bridgehead atoms. The summed E-state index contributed by atoms with van der Waals surface area (Å²) < 4.78 is 7.51. The van der Waals surface area contributed by atoms with E-state index in [2.05, 4.69) is 4.98 Å². The molecule has 4 heterocycles. The number of piperazine rings is 1. The van der Waals surface area contributed by atoms with Crippen molar-refractivity contribution in [2.24, 2.45) is 0 Å². The average molecular weight is 330 g/mol. The summed E-state index contributed by atoms with van der Waals surface area (Å²) in [7, 11) is 1.66. The molecule has 24 heavy (non-hydrogen) atoms. The number of hydrogen-bond acceptors (Lipinski definition) is 5. The van der Waals surface area contributed by atoms with Crippen LogP contribution in [0.1, 0.15) is 18.2 Å². The van der Waals surface area contributed by atoms with Gasteiger partial charge in [0.1, 0.15) is 18.4 Å². The summed E-state index contributed by atoms with van der Waals surface area (Å²) in [4.78, 5) is 32.0. The van der Waals surface area contributed by atoms with Gasteiger partial charge in [0.25, 0.3) is 0 Å². The van der Waals surface area contributed by atoms with Gasteiger partial charge in [-0.15, -0.1) is 0 Å². The molecule has 2 aliphatic rings. The van der Waals surface area contributed by atoms with Crippen LogP contribution < -0.4 is 0 Å². The van der Waals surface area contributed by atoms with Crippen molar-refractivity contribution in [1.82, 2.24) is 19.4 Å². The van der Waals surface area contributed by atoms with Crippen molar-refractivity contribution in [3.8, 4) is 11.6 Å². The molecule has 2 unspecified atom stereocenters. The third-order valence-electron chi connectivity index (χ3n) is 4.73. The Hall–Kier alpha value is -2.61. The number of likely N-dealkylation sites (N-methyl/N-ethyl adjacent to an activating group) is 1. The normalized spacial score (nSPS) is 23.9. The monoisotopic (exact) mass is 330 g/mol. The lowest BCUT2D eigenvalue weighted by molar-refractivity contribution is -0.152. The van der Waals surface area contributed by atoms with Crippen molar-refractivity contribution < 1.29 is 19.1 Å². The van der Waals surface area contributed by atoms with Gasteiger partial charge < -0.3 is 23.9 Å². The minimum Gasteiger partial charge on any atom is -0.455 e. The summed E-state index contributed by atoms with van der Waals surface area (Å²) in [6.45, 7) is 0.451. The Kier molecular flexibility index (Phi) is 3.42. The first-order valence-corrected chi connectivity index (χ1v) is 7.85. The van der Waals surface area contributed by atoms with Crippen LogP contribution in [0.15, 0.2) is 28.9 Å². The van der Waals surface area contributed by atoms with Gasteiger partial charge in [-0.05, 0) is 18.6 Å². The molecule has 2 saturated heterocycles. The summed E-state index contributed by atoms with van der Waals surface area (Å²) in [6.07, 6.45) is 4.06. The number of furan rings is 1. The van der Waals surface area contributed by atoms with Crippen molar-refractivity contribution in [2.75, 3.05) is 20.1 Å². The zero-order chi connectivity index (χ0) is 16.8. The molecule has 8 heteroatoms. The molecule has 0 spiro atoms. The maximum atomic E-state index is 12.3. The quantitative estimate of drug-likeness (QED) is 0.871. The fourth-order valence-corrected chi connectivity index (χ4v) is 3.53. The molecule has 2 atom stereocenters. The van der Waals surface area contributed by atoms with Crippen LogP contribution in [0, 0.1) is 0 Å². The second kappa shape index (κ2) is 5.48. The molecule has 0 radical (unpaired) electrons. The minimum absolute atomic E-state index is 0.0145. The van der Waals surface area contributed by atoms with Gasteiger partial charge in [-0.25, -0.2) is 4.98 Å². The highest BCUT2D eigenvalue weighted by atomic mass is 16.4. The minimum atomic E-state index is -0.402. The number of aliphatic hydroxyl groups is 1. The largest absolute Gasteiger partial charge is 0.455 e. The summed E-state index contributed by atoms with van der Waals surface area (Å²) in [6, 6.07) is 3.03. The Labute approximate surface area is 138 Å². The maximum Gasteiger partial charge on any atom is 0.245 e. The molecule has 126 valence electrons. The van der Waals surface area contributed by atoms with E-state index in [9.17, 15) is 9.59 Å². The molecule has 2 fully saturated rings. The number of aromatic nitrogens is 2. The highest BCUT2D eigenvalue weighted by molar-refractivity contribution is 5.95. The summed E-state index contributed by atoms with van der Waals surface area (Å²) >= 11 is 0. The van der Waals surface area contributed by atoms with E-state index in [0.29, 0.717) is 30.3 Å². The van der Waals surface area contributed by atoms with Gasteiger partial charge in [-0.3, -0.25) is 9.59 Å². The van der Waals surface area contributed by atoms with Gasteiger partial charge in [0.15, 0.2) is 11.6 Å². The van der Waals surface area contributed by atoms with Crippen molar-refractivity contribution in [3.63, 3.8) is 0 Å². The number of amides is 2. The zero-order valence-corrected chi connectivity index (χ0v) is 13.3. The maximum absolute atomic E-state index is 12.3. The Balaban J connectivity index is 1.63. The smallest absolute Gasteiger partial charge is 0.245 e. The van der Waals surface area contributed by atoms with E-state index in [4.69, 9.17) is 9.52 Å². The second-order valence-electron chi connectivity index (χ2n) is 6.23. The molecule has 4 rings (SSSR count). The predicted molar refractivity (Wildman–Crippen MR) is 82.6 cm³/mol. The van der Waals surface area contributed by atoms with Gasteiger partial charge in [-0.1, -0.05) is 0 Å². The first-order valence-electron chi connectivity index (χ1n) is 7.85. The third kappa shape index (κ3) is 2.22. The number of aliphatic hydroxyl groups excluding tert-OH is 1. The Bertz CT molecular complexity index is 796. The van der Waals surface area contributed by atoms with E-state index >= 15 is 0 Å². The average Bonchev–Trinajstić information content (AvgIpc) is 3.28. The van der Waals surface area contributed by atoms with Crippen molar-refractivity contribution >= 4 is 11.8 Å². The standard InChI is InChI=1S/C16H18N4O4/c1-18-8-14(22)20-7-10(6-12(20)16(18)23)19-5-4-17-15(19)13-3-2-11(9-21)24-13/h2-5,10,12,21H,6-9H2,1H3. The molecule has 2 aliphatic heterocycles. The number of hydrogen-bond donors (Lipinski definition) is 1. The lowest BCUT2D eigenvalue weighted by Crippen LogP contribution is -2.55. The van der Waals surface area contributed by atoms with Gasteiger partial charge in [0.05, 0.1) is 12.6 Å². The highest BCUT2D eigenvalue weighted by Crippen LogP contribution is 2.34. The van der Waals surface area contributed by atoms with E-state index in [1.165, 1.54) is 4.90 Å². The van der Waals surface area contributed by atoms with Crippen LogP contribution in [0.5, 0.6) is 0 Å². The van der Waals surface area contributed by atoms with Gasteiger partial charge in [0, 0.05) is 26.0 Å². The molecule has 8 nitrogen and oxygen atoms in total. The molecule has 1 N–H and O–H groups in total. The third-order valence-corrected chi connectivity index (χ3v) is 4.73. The molecule has 0 saturated carbocycles. The number of fused-ring (bicyclic) bond motifs is 1. The summed E-state index contributed by atoms with van der Waals surface area (Å²) in [5.74, 6) is 1.62. The van der Waals surface area contributed by atoms with Crippen LogP contribution in [-0.4, -0.2) is 62.5 Å². The van der Waals surface area contributed by atoms with Gasteiger partial charge in [0.2, 0.25) is 11.8 Å². The van der Waals surface area contributed by atoms with Crippen LogP contribution in [0.25, 0.3) is 11.6 Å². The van der Waals surface area contributed by atoms with E-state index in [1.54, 1.807) is 30.3 Å². The lowest BCUT2D eigenvalue weighted by atomic mass is 10.1. The van der Waals surface area contributed by atoms with E-state index in [-0.39, 0.29) is 31.0 Å². The summed E-state index contributed by atoms with van der Waals surface area (Å²) in [5, 5.41) is 9.15. The first-order chi connectivity index (χ1) is 11.6. The molecular weight excluding hydrogens is 312 g/mol. The van der Waals surface area contributed by atoms with Crippen LogP contribution >= 0.6 is 0 Å². The number of imidazole rings is 1. The molecule has 2 amide bonds. The zero-order valence-electron chi connectivity index (χ0n) is 13.3. The highest BCUT2D eigenvalue weighted by Gasteiger charge is 2.45. The van der Waals surface area contributed by atoms with Crippen LogP contribution in [-0.2, 0) is 16.2 Å². The number of rotatable bonds is 3. The van der Waals surface area contributed by atoms with Gasteiger partial charge >= 0.3 is 0 Å².